The van der Waals surface area contributed by atoms with Gasteiger partial charge in [-0.15, -0.1) is 12.3 Å². The van der Waals surface area contributed by atoms with Crippen LogP contribution >= 0.6 is 0 Å². The summed E-state index contributed by atoms with van der Waals surface area (Å²) < 4.78 is 0. The predicted octanol–water partition coefficient (Wildman–Crippen LogP) is 11.9. The van der Waals surface area contributed by atoms with Gasteiger partial charge < -0.3 is 0 Å². The van der Waals surface area contributed by atoms with Gasteiger partial charge in [0, 0.05) is 46.5 Å². The van der Waals surface area contributed by atoms with E-state index in [0.29, 0.717) is 5.82 Å². The Bertz CT molecular complexity index is 2580. The average Bonchev–Trinajstić information content (AvgIpc) is 3.20. The smallest absolute Gasteiger partial charge is 0.160 e. The van der Waals surface area contributed by atoms with Crippen LogP contribution < -0.4 is 0 Å². The van der Waals surface area contributed by atoms with Crippen molar-refractivity contribution >= 4 is 27.1 Å². The van der Waals surface area contributed by atoms with Crippen molar-refractivity contribution in [1.82, 2.24) is 15.0 Å². The normalized spacial score (nSPS) is 11.3. The minimum absolute atomic E-state index is 0.648. The standard InChI is InChI=1S/C48H33N3/c1-3-4-5-12-33(2)34-21-25-37(26-22-34)46-30-47(38-27-23-36(24-28-38)45-32-49-31-41-14-7-9-19-44(41)45)51-48(50-46)40-17-10-16-39(29-40)43-20-11-15-35-13-6-8-18-42(35)43/h1,6-23,25-27,29-32H,4-5H2,2H3/b33-12+. The summed E-state index contributed by atoms with van der Waals surface area (Å²) in [6.45, 7) is 2.12. The summed E-state index contributed by atoms with van der Waals surface area (Å²) in [5, 5.41) is 4.64. The molecule has 51 heavy (non-hydrogen) atoms. The summed E-state index contributed by atoms with van der Waals surface area (Å²) in [5.41, 5.74) is 11.0. The van der Waals surface area contributed by atoms with Gasteiger partial charge in [0.1, 0.15) is 0 Å². The van der Waals surface area contributed by atoms with E-state index in [1.807, 2.05) is 30.6 Å². The van der Waals surface area contributed by atoms with Gasteiger partial charge in [-0.25, -0.2) is 9.97 Å². The van der Waals surface area contributed by atoms with Crippen LogP contribution in [0.15, 0.2) is 152 Å². The summed E-state index contributed by atoms with van der Waals surface area (Å²) in [5.74, 6) is 3.36. The van der Waals surface area contributed by atoms with E-state index < -0.39 is 0 Å². The van der Waals surface area contributed by atoms with Crippen LogP contribution in [-0.4, -0.2) is 15.0 Å². The zero-order valence-electron chi connectivity index (χ0n) is 28.3. The first-order chi connectivity index (χ1) is 25.1. The van der Waals surface area contributed by atoms with Gasteiger partial charge in [0.15, 0.2) is 5.82 Å². The molecule has 0 atom stereocenters. The summed E-state index contributed by atoms with van der Waals surface area (Å²) >= 11 is 0. The predicted molar refractivity (Wildman–Crippen MR) is 211 cm³/mol. The number of nitrogens with zero attached hydrogens (tertiary/aromatic N) is 3. The van der Waals surface area contributed by atoms with Crippen LogP contribution in [0.1, 0.15) is 25.3 Å². The Balaban J connectivity index is 1.22. The van der Waals surface area contributed by atoms with E-state index in [-0.39, 0.29) is 0 Å². The first kappa shape index (κ1) is 31.5. The number of allylic oxidation sites excluding steroid dienone is 2. The van der Waals surface area contributed by atoms with E-state index in [4.69, 9.17) is 16.4 Å². The number of pyridine rings is 1. The third kappa shape index (κ3) is 6.50. The summed E-state index contributed by atoms with van der Waals surface area (Å²) in [6.07, 6.45) is 13.0. The molecular formula is C48H33N3. The molecule has 0 aliphatic heterocycles. The van der Waals surface area contributed by atoms with Gasteiger partial charge in [-0.05, 0) is 76.0 Å². The lowest BCUT2D eigenvalue weighted by molar-refractivity contribution is 1.09. The van der Waals surface area contributed by atoms with Gasteiger partial charge in [-0.2, -0.15) is 0 Å². The second kappa shape index (κ2) is 14.0. The van der Waals surface area contributed by atoms with Crippen molar-refractivity contribution in [3.63, 3.8) is 0 Å². The molecule has 0 spiro atoms. The lowest BCUT2D eigenvalue weighted by Gasteiger charge is -2.12. The van der Waals surface area contributed by atoms with Crippen LogP contribution in [0.4, 0.5) is 0 Å². The number of rotatable bonds is 8. The van der Waals surface area contributed by atoms with Gasteiger partial charge >= 0.3 is 0 Å². The Morgan fingerprint density at radius 2 is 1.31 bits per heavy atom. The first-order valence-corrected chi connectivity index (χ1v) is 17.1. The molecule has 240 valence electrons. The Kier molecular flexibility index (Phi) is 8.62. The molecular weight excluding hydrogens is 619 g/mol. The van der Waals surface area contributed by atoms with Crippen molar-refractivity contribution in [3.8, 4) is 68.5 Å². The fourth-order valence-corrected chi connectivity index (χ4v) is 6.58. The van der Waals surface area contributed by atoms with E-state index >= 15 is 0 Å². The average molecular weight is 652 g/mol. The number of aromatic nitrogens is 3. The lowest BCUT2D eigenvalue weighted by atomic mass is 9.96. The molecule has 8 rings (SSSR count). The van der Waals surface area contributed by atoms with Crippen molar-refractivity contribution in [2.45, 2.75) is 19.8 Å². The topological polar surface area (TPSA) is 38.7 Å². The SMILES string of the molecule is C#CCC/C=C(\C)c1ccc(-c2cc(-c3c#cc(-c4cncc5ccccc45)cc3)nc(-c3cccc(-c4cccc5ccccc45)c3)n2)cc1. The van der Waals surface area contributed by atoms with Crippen LogP contribution in [-0.2, 0) is 0 Å². The summed E-state index contributed by atoms with van der Waals surface area (Å²) in [4.78, 5) is 14.8. The third-order valence-corrected chi connectivity index (χ3v) is 9.31. The maximum Gasteiger partial charge on any atom is 0.160 e. The molecule has 0 radical (unpaired) electrons. The number of fused-ring (bicyclic) bond motifs is 2. The van der Waals surface area contributed by atoms with Gasteiger partial charge in [0.05, 0.1) is 17.0 Å². The quantitative estimate of drug-likeness (QED) is 0.121. The zero-order valence-corrected chi connectivity index (χ0v) is 28.3. The van der Waals surface area contributed by atoms with E-state index in [0.717, 1.165) is 73.9 Å². The minimum Gasteiger partial charge on any atom is -0.263 e. The molecule has 0 amide bonds. The number of benzene rings is 5. The molecule has 0 bridgehead atoms. The highest BCUT2D eigenvalue weighted by Gasteiger charge is 2.14. The number of hydrogen-bond donors (Lipinski definition) is 0. The van der Waals surface area contributed by atoms with Crippen LogP contribution in [0.3, 0.4) is 0 Å². The molecule has 6 aromatic carbocycles. The fourth-order valence-electron chi connectivity index (χ4n) is 6.58. The highest BCUT2D eigenvalue weighted by atomic mass is 14.9. The molecule has 0 aliphatic rings. The van der Waals surface area contributed by atoms with Gasteiger partial charge in [0.2, 0.25) is 0 Å². The van der Waals surface area contributed by atoms with E-state index in [1.165, 1.54) is 21.9 Å². The van der Waals surface area contributed by atoms with Crippen molar-refractivity contribution < 1.29 is 0 Å². The van der Waals surface area contributed by atoms with Crippen LogP contribution in [0.5, 0.6) is 0 Å². The molecule has 0 fully saturated rings. The Hall–Kier alpha value is -6.81. The molecule has 0 N–H and O–H groups in total. The fraction of sp³-hybridized carbons (Fsp3) is 0.0625. The number of terminal acetylenes is 1. The van der Waals surface area contributed by atoms with Crippen molar-refractivity contribution in [2.24, 2.45) is 0 Å². The number of hydrogen-bond acceptors (Lipinski definition) is 3. The van der Waals surface area contributed by atoms with Crippen molar-refractivity contribution in [3.05, 3.63) is 170 Å². The van der Waals surface area contributed by atoms with E-state index in [2.05, 4.69) is 151 Å². The Morgan fingerprint density at radius 1 is 0.627 bits per heavy atom. The largest absolute Gasteiger partial charge is 0.263 e. The summed E-state index contributed by atoms with van der Waals surface area (Å²) in [7, 11) is 0. The van der Waals surface area contributed by atoms with Gasteiger partial charge in [-0.1, -0.05) is 127 Å². The molecule has 2 aromatic heterocycles. The molecule has 3 heteroatoms. The Labute approximate surface area is 299 Å². The molecule has 0 saturated heterocycles. The van der Waals surface area contributed by atoms with Crippen LogP contribution in [0.25, 0.3) is 83.3 Å². The van der Waals surface area contributed by atoms with Crippen molar-refractivity contribution in [1.29, 1.82) is 0 Å². The van der Waals surface area contributed by atoms with E-state index in [9.17, 15) is 0 Å². The molecule has 3 nitrogen and oxygen atoms in total. The van der Waals surface area contributed by atoms with Gasteiger partial charge in [0.25, 0.3) is 0 Å². The summed E-state index contributed by atoms with van der Waals surface area (Å²) in [6, 6.07) is 53.2. The minimum atomic E-state index is 0.648. The highest BCUT2D eigenvalue weighted by Crippen LogP contribution is 2.34. The Morgan fingerprint density at radius 3 is 2.12 bits per heavy atom. The van der Waals surface area contributed by atoms with Gasteiger partial charge in [-0.3, -0.25) is 4.98 Å². The van der Waals surface area contributed by atoms with E-state index in [1.54, 1.807) is 0 Å². The molecule has 0 aliphatic carbocycles. The second-order valence-corrected chi connectivity index (χ2v) is 12.6. The van der Waals surface area contributed by atoms with Crippen molar-refractivity contribution in [2.75, 3.05) is 0 Å². The first-order valence-electron chi connectivity index (χ1n) is 17.1. The third-order valence-electron chi connectivity index (χ3n) is 9.31. The monoisotopic (exact) mass is 651 g/mol. The lowest BCUT2D eigenvalue weighted by Crippen LogP contribution is -1.96. The molecule has 0 saturated carbocycles. The van der Waals surface area contributed by atoms with Crippen LogP contribution in [0.2, 0.25) is 0 Å². The highest BCUT2D eigenvalue weighted by molar-refractivity contribution is 5.97. The number of unbranched alkanes of at least 4 members (excludes halogenated alkanes) is 1. The maximum absolute atomic E-state index is 5.46. The van der Waals surface area contributed by atoms with Crippen LogP contribution in [0, 0.1) is 24.5 Å². The molecule has 0 unspecified atom stereocenters. The second-order valence-electron chi connectivity index (χ2n) is 12.6. The molecule has 2 heterocycles. The maximum atomic E-state index is 5.46. The zero-order chi connectivity index (χ0) is 34.6. The molecule has 8 aromatic rings.